The third kappa shape index (κ3) is 5.86. The van der Waals surface area contributed by atoms with Gasteiger partial charge in [-0.15, -0.1) is 0 Å². The predicted octanol–water partition coefficient (Wildman–Crippen LogP) is 3.12. The Hall–Kier alpha value is -0.0800. The molecule has 2 heteroatoms. The average molecular weight is 228 g/mol. The molecule has 0 aromatic heterocycles. The summed E-state index contributed by atoms with van der Waals surface area (Å²) in [6, 6.07) is 1.02. The van der Waals surface area contributed by atoms with Crippen LogP contribution >= 0.6 is 0 Å². The second-order valence-corrected chi connectivity index (χ2v) is 5.65. The molecule has 0 saturated carbocycles. The van der Waals surface area contributed by atoms with Crippen LogP contribution in [0.4, 0.5) is 0 Å². The quantitative estimate of drug-likeness (QED) is 0.691. The summed E-state index contributed by atoms with van der Waals surface area (Å²) in [4.78, 5) is 2.64. The van der Waals surface area contributed by atoms with E-state index in [0.29, 0.717) is 12.0 Å². The fraction of sp³-hybridized carbons (Fsp3) is 1.00. The highest BCUT2D eigenvalue weighted by Crippen LogP contribution is 2.14. The fourth-order valence-corrected chi connectivity index (χ4v) is 2.18. The molecule has 0 radical (unpaired) electrons. The molecule has 0 aromatic rings. The van der Waals surface area contributed by atoms with Crippen LogP contribution in [0.3, 0.4) is 0 Å². The maximum Gasteiger partial charge on any atom is 0.00902 e. The lowest BCUT2D eigenvalue weighted by atomic mass is 10.0. The van der Waals surface area contributed by atoms with E-state index in [1.165, 1.54) is 19.4 Å². The first kappa shape index (κ1) is 15.9. The van der Waals surface area contributed by atoms with E-state index in [0.717, 1.165) is 18.5 Å². The van der Waals surface area contributed by atoms with E-state index in [9.17, 15) is 0 Å². The van der Waals surface area contributed by atoms with Gasteiger partial charge in [0.1, 0.15) is 0 Å². The van der Waals surface area contributed by atoms with Crippen LogP contribution in [0.15, 0.2) is 0 Å². The summed E-state index contributed by atoms with van der Waals surface area (Å²) in [5, 5.41) is 0. The summed E-state index contributed by atoms with van der Waals surface area (Å²) in [5.74, 6) is 1.32. The molecule has 98 valence electrons. The molecule has 0 aliphatic rings. The van der Waals surface area contributed by atoms with Crippen LogP contribution < -0.4 is 5.73 Å². The SMILES string of the molecule is CCC(CC)N(CC(C)C)CC(C)C(C)N. The van der Waals surface area contributed by atoms with E-state index in [-0.39, 0.29) is 0 Å². The first-order valence-corrected chi connectivity index (χ1v) is 6.91. The molecule has 2 atom stereocenters. The number of hydrogen-bond acceptors (Lipinski definition) is 2. The van der Waals surface area contributed by atoms with Crippen LogP contribution in [0.1, 0.15) is 54.4 Å². The maximum absolute atomic E-state index is 5.97. The van der Waals surface area contributed by atoms with E-state index in [1.54, 1.807) is 0 Å². The number of nitrogens with two attached hydrogens (primary N) is 1. The number of nitrogens with zero attached hydrogens (tertiary/aromatic N) is 1. The Morgan fingerprint density at radius 3 is 1.75 bits per heavy atom. The van der Waals surface area contributed by atoms with Crippen molar-refractivity contribution in [3.05, 3.63) is 0 Å². The molecule has 0 bridgehead atoms. The molecule has 0 aliphatic heterocycles. The molecule has 0 amide bonds. The lowest BCUT2D eigenvalue weighted by Crippen LogP contribution is -2.43. The first-order valence-electron chi connectivity index (χ1n) is 6.91. The lowest BCUT2D eigenvalue weighted by molar-refractivity contribution is 0.138. The van der Waals surface area contributed by atoms with Crippen molar-refractivity contribution < 1.29 is 0 Å². The third-order valence-corrected chi connectivity index (χ3v) is 3.48. The Kier molecular flexibility index (Phi) is 8.04. The van der Waals surface area contributed by atoms with Crippen molar-refractivity contribution >= 4 is 0 Å². The van der Waals surface area contributed by atoms with Gasteiger partial charge < -0.3 is 5.73 Å². The van der Waals surface area contributed by atoms with Gasteiger partial charge in [-0.3, -0.25) is 4.90 Å². The molecule has 0 saturated heterocycles. The highest BCUT2D eigenvalue weighted by Gasteiger charge is 2.20. The van der Waals surface area contributed by atoms with Crippen LogP contribution in [0.25, 0.3) is 0 Å². The van der Waals surface area contributed by atoms with Crippen LogP contribution in [0.5, 0.6) is 0 Å². The maximum atomic E-state index is 5.97. The average Bonchev–Trinajstić information content (AvgIpc) is 2.18. The van der Waals surface area contributed by atoms with Gasteiger partial charge in [0.15, 0.2) is 0 Å². The van der Waals surface area contributed by atoms with Gasteiger partial charge in [0.25, 0.3) is 0 Å². The van der Waals surface area contributed by atoms with Crippen LogP contribution in [-0.2, 0) is 0 Å². The molecule has 2 nitrogen and oxygen atoms in total. The largest absolute Gasteiger partial charge is 0.328 e. The lowest BCUT2D eigenvalue weighted by Gasteiger charge is -2.35. The van der Waals surface area contributed by atoms with Gasteiger partial charge in [-0.05, 0) is 31.6 Å². The number of rotatable bonds is 8. The van der Waals surface area contributed by atoms with Crippen LogP contribution in [0.2, 0.25) is 0 Å². The van der Waals surface area contributed by atoms with Crippen molar-refractivity contribution in [3.8, 4) is 0 Å². The van der Waals surface area contributed by atoms with Gasteiger partial charge >= 0.3 is 0 Å². The van der Waals surface area contributed by atoms with Crippen molar-refractivity contribution in [1.29, 1.82) is 0 Å². The Bertz CT molecular complexity index is 162. The minimum atomic E-state index is 0.295. The van der Waals surface area contributed by atoms with E-state index in [1.807, 2.05) is 0 Å². The minimum absolute atomic E-state index is 0.295. The standard InChI is InChI=1S/C14H32N2/c1-7-14(8-2)16(9-11(3)4)10-12(5)13(6)15/h11-14H,7-10,15H2,1-6H3. The summed E-state index contributed by atoms with van der Waals surface area (Å²) in [5.41, 5.74) is 5.97. The highest BCUT2D eigenvalue weighted by molar-refractivity contribution is 4.75. The molecule has 0 rings (SSSR count). The monoisotopic (exact) mass is 228 g/mol. The van der Waals surface area contributed by atoms with E-state index < -0.39 is 0 Å². The van der Waals surface area contributed by atoms with Gasteiger partial charge in [-0.25, -0.2) is 0 Å². The summed E-state index contributed by atoms with van der Waals surface area (Å²) in [6.07, 6.45) is 2.49. The first-order chi connectivity index (χ1) is 7.42. The molecule has 0 heterocycles. The van der Waals surface area contributed by atoms with Gasteiger partial charge in [0.2, 0.25) is 0 Å². The van der Waals surface area contributed by atoms with Crippen molar-refractivity contribution in [1.82, 2.24) is 4.90 Å². The predicted molar refractivity (Wildman–Crippen MR) is 73.6 cm³/mol. The Morgan fingerprint density at radius 2 is 1.44 bits per heavy atom. The van der Waals surface area contributed by atoms with E-state index >= 15 is 0 Å². The molecule has 0 fully saturated rings. The molecule has 0 spiro atoms. The molecule has 2 N–H and O–H groups in total. The Morgan fingerprint density at radius 1 is 0.938 bits per heavy atom. The summed E-state index contributed by atoms with van der Waals surface area (Å²) in [7, 11) is 0. The van der Waals surface area contributed by atoms with E-state index in [2.05, 4.69) is 46.4 Å². The summed E-state index contributed by atoms with van der Waals surface area (Å²) >= 11 is 0. The zero-order valence-electron chi connectivity index (χ0n) is 12.2. The molecule has 0 aliphatic carbocycles. The molecular weight excluding hydrogens is 196 g/mol. The molecular formula is C14H32N2. The van der Waals surface area contributed by atoms with Crippen LogP contribution in [-0.4, -0.2) is 30.1 Å². The van der Waals surface area contributed by atoms with Crippen molar-refractivity contribution in [3.63, 3.8) is 0 Å². The highest BCUT2D eigenvalue weighted by atomic mass is 15.2. The van der Waals surface area contributed by atoms with Crippen LogP contribution in [0, 0.1) is 11.8 Å². The zero-order chi connectivity index (χ0) is 12.7. The van der Waals surface area contributed by atoms with Gasteiger partial charge in [-0.2, -0.15) is 0 Å². The third-order valence-electron chi connectivity index (χ3n) is 3.48. The van der Waals surface area contributed by atoms with Crippen molar-refractivity contribution in [2.24, 2.45) is 17.6 Å². The minimum Gasteiger partial charge on any atom is -0.328 e. The summed E-state index contributed by atoms with van der Waals surface area (Å²) < 4.78 is 0. The normalized spacial score (nSPS) is 16.1. The molecule has 16 heavy (non-hydrogen) atoms. The topological polar surface area (TPSA) is 29.3 Å². The molecule has 2 unspecified atom stereocenters. The molecule has 0 aromatic carbocycles. The van der Waals surface area contributed by atoms with Crippen molar-refractivity contribution in [2.45, 2.75) is 66.5 Å². The Labute approximate surface area is 103 Å². The number of hydrogen-bond donors (Lipinski definition) is 1. The zero-order valence-corrected chi connectivity index (χ0v) is 12.2. The second kappa shape index (κ2) is 8.08. The van der Waals surface area contributed by atoms with Crippen molar-refractivity contribution in [2.75, 3.05) is 13.1 Å². The van der Waals surface area contributed by atoms with Gasteiger partial charge in [0.05, 0.1) is 0 Å². The van der Waals surface area contributed by atoms with E-state index in [4.69, 9.17) is 5.73 Å². The summed E-state index contributed by atoms with van der Waals surface area (Å²) in [6.45, 7) is 15.9. The Balaban J connectivity index is 4.40. The smallest absolute Gasteiger partial charge is 0.00902 e. The second-order valence-electron chi connectivity index (χ2n) is 5.65. The van der Waals surface area contributed by atoms with Gasteiger partial charge in [-0.1, -0.05) is 34.6 Å². The fourth-order valence-electron chi connectivity index (χ4n) is 2.18. The van der Waals surface area contributed by atoms with Gasteiger partial charge in [0, 0.05) is 25.2 Å².